The summed E-state index contributed by atoms with van der Waals surface area (Å²) in [5.74, 6) is 0.934. The fraction of sp³-hybridized carbons (Fsp3) is 0.500. The number of aromatic amines is 1. The molecule has 0 bridgehead atoms. The zero-order valence-corrected chi connectivity index (χ0v) is 10.7. The van der Waals surface area contributed by atoms with Gasteiger partial charge in [0.25, 0.3) is 0 Å². The number of alkyl halides is 1. The second kappa shape index (κ2) is 5.25. The third-order valence-electron chi connectivity index (χ3n) is 2.35. The normalized spacial score (nSPS) is 10.9. The molecular weight excluding hydrogens is 270 g/mol. The number of imidazole rings is 1. The number of hydrogen-bond acceptors (Lipinski definition) is 4. The minimum Gasteiger partial charge on any atom is -0.354 e. The highest BCUT2D eigenvalue weighted by molar-refractivity contribution is 9.09. The van der Waals surface area contributed by atoms with Crippen molar-refractivity contribution in [3.63, 3.8) is 0 Å². The zero-order chi connectivity index (χ0) is 11.4. The minimum atomic E-state index is 0.723. The van der Waals surface area contributed by atoms with Crippen molar-refractivity contribution in [2.75, 3.05) is 23.3 Å². The van der Waals surface area contributed by atoms with Crippen molar-refractivity contribution in [2.24, 2.45) is 0 Å². The smallest absolute Gasteiger partial charge is 0.182 e. The molecule has 0 aliphatic rings. The van der Waals surface area contributed by atoms with E-state index >= 15 is 0 Å². The van der Waals surface area contributed by atoms with Crippen molar-refractivity contribution < 1.29 is 0 Å². The number of anilines is 1. The Labute approximate surface area is 102 Å². The van der Waals surface area contributed by atoms with Crippen LogP contribution in [0.5, 0.6) is 0 Å². The van der Waals surface area contributed by atoms with Crippen LogP contribution in [0, 0.1) is 0 Å². The van der Waals surface area contributed by atoms with Crippen LogP contribution in [-0.4, -0.2) is 38.4 Å². The van der Waals surface area contributed by atoms with Gasteiger partial charge >= 0.3 is 0 Å². The van der Waals surface area contributed by atoms with Crippen LogP contribution in [0.4, 0.5) is 5.82 Å². The number of rotatable bonds is 5. The number of fused-ring (bicyclic) bond motifs is 1. The summed E-state index contributed by atoms with van der Waals surface area (Å²) in [6, 6.07) is 0. The lowest BCUT2D eigenvalue weighted by Crippen LogP contribution is -2.27. The van der Waals surface area contributed by atoms with E-state index in [1.807, 2.05) is 0 Å². The number of aromatic nitrogens is 4. The molecule has 0 unspecified atom stereocenters. The van der Waals surface area contributed by atoms with E-state index in [1.54, 1.807) is 12.7 Å². The average molecular weight is 284 g/mol. The summed E-state index contributed by atoms with van der Waals surface area (Å²) in [6.07, 6.45) is 4.31. The molecule has 0 radical (unpaired) electrons. The summed E-state index contributed by atoms with van der Waals surface area (Å²) < 4.78 is 0. The van der Waals surface area contributed by atoms with E-state index in [0.717, 1.165) is 41.8 Å². The Morgan fingerprint density at radius 3 is 2.94 bits per heavy atom. The molecule has 0 fully saturated rings. The lowest BCUT2D eigenvalue weighted by atomic mass is 10.3. The van der Waals surface area contributed by atoms with E-state index in [-0.39, 0.29) is 0 Å². The summed E-state index contributed by atoms with van der Waals surface area (Å²) in [7, 11) is 0. The highest BCUT2D eigenvalue weighted by atomic mass is 79.9. The number of nitrogens with zero attached hydrogens (tertiary/aromatic N) is 4. The third kappa shape index (κ3) is 2.16. The van der Waals surface area contributed by atoms with E-state index in [9.17, 15) is 0 Å². The van der Waals surface area contributed by atoms with Gasteiger partial charge in [0.05, 0.1) is 6.33 Å². The standard InChI is InChI=1S/C10H14BrN5/c1-2-4-16(5-3-11)10-8-9(13-6-12-8)14-7-15-10/h6-7H,2-5H2,1H3,(H,12,13,14,15). The SMILES string of the molecule is CCCN(CCBr)c1ncnc2nc[nH]c12. The maximum atomic E-state index is 4.34. The van der Waals surface area contributed by atoms with Crippen LogP contribution in [0.25, 0.3) is 11.2 Å². The van der Waals surface area contributed by atoms with Gasteiger partial charge < -0.3 is 9.88 Å². The highest BCUT2D eigenvalue weighted by Crippen LogP contribution is 2.19. The Hall–Kier alpha value is -1.17. The fourth-order valence-corrected chi connectivity index (χ4v) is 2.12. The molecule has 0 aliphatic heterocycles. The Balaban J connectivity index is 2.38. The van der Waals surface area contributed by atoms with Crippen LogP contribution in [-0.2, 0) is 0 Å². The van der Waals surface area contributed by atoms with Crippen molar-refractivity contribution in [3.8, 4) is 0 Å². The quantitative estimate of drug-likeness (QED) is 0.853. The molecule has 0 saturated carbocycles. The van der Waals surface area contributed by atoms with Gasteiger partial charge in [-0.3, -0.25) is 0 Å². The Morgan fingerprint density at radius 1 is 1.31 bits per heavy atom. The van der Waals surface area contributed by atoms with Crippen LogP contribution >= 0.6 is 15.9 Å². The molecule has 1 N–H and O–H groups in total. The predicted octanol–water partition coefficient (Wildman–Crippen LogP) is 1.96. The lowest BCUT2D eigenvalue weighted by Gasteiger charge is -2.22. The first kappa shape index (κ1) is 11.3. The van der Waals surface area contributed by atoms with Crippen molar-refractivity contribution in [3.05, 3.63) is 12.7 Å². The summed E-state index contributed by atoms with van der Waals surface area (Å²) in [5, 5.41) is 0.923. The van der Waals surface area contributed by atoms with E-state index in [2.05, 4.69) is 47.7 Å². The molecular formula is C10H14BrN5. The summed E-state index contributed by atoms with van der Waals surface area (Å²) in [5.41, 5.74) is 1.64. The Morgan fingerprint density at radius 2 is 2.19 bits per heavy atom. The van der Waals surface area contributed by atoms with Gasteiger partial charge in [0, 0.05) is 18.4 Å². The fourth-order valence-electron chi connectivity index (χ4n) is 1.69. The van der Waals surface area contributed by atoms with Crippen LogP contribution in [0.15, 0.2) is 12.7 Å². The largest absolute Gasteiger partial charge is 0.354 e. The second-order valence-electron chi connectivity index (χ2n) is 3.47. The summed E-state index contributed by atoms with van der Waals surface area (Å²) >= 11 is 3.46. The second-order valence-corrected chi connectivity index (χ2v) is 4.27. The van der Waals surface area contributed by atoms with Crippen LogP contribution in [0.2, 0.25) is 0 Å². The molecule has 0 amide bonds. The molecule has 5 nitrogen and oxygen atoms in total. The first-order chi connectivity index (χ1) is 7.86. The summed E-state index contributed by atoms with van der Waals surface area (Å²) in [4.78, 5) is 17.9. The third-order valence-corrected chi connectivity index (χ3v) is 2.71. The molecule has 2 aromatic heterocycles. The number of hydrogen-bond donors (Lipinski definition) is 1. The first-order valence-electron chi connectivity index (χ1n) is 5.31. The van der Waals surface area contributed by atoms with Gasteiger partial charge in [0.15, 0.2) is 11.5 Å². The number of nitrogens with one attached hydrogen (secondary N) is 1. The average Bonchev–Trinajstić information content (AvgIpc) is 2.76. The molecule has 16 heavy (non-hydrogen) atoms. The topological polar surface area (TPSA) is 57.7 Å². The van der Waals surface area contributed by atoms with Crippen LogP contribution in [0.3, 0.4) is 0 Å². The van der Waals surface area contributed by atoms with Gasteiger partial charge in [0.1, 0.15) is 11.8 Å². The molecule has 2 heterocycles. The maximum absolute atomic E-state index is 4.34. The minimum absolute atomic E-state index is 0.723. The van der Waals surface area contributed by atoms with Crippen LogP contribution in [0.1, 0.15) is 13.3 Å². The zero-order valence-electron chi connectivity index (χ0n) is 9.15. The molecule has 0 aromatic carbocycles. The van der Waals surface area contributed by atoms with Crippen molar-refractivity contribution in [2.45, 2.75) is 13.3 Å². The Kier molecular flexibility index (Phi) is 3.71. The molecule has 0 aliphatic carbocycles. The van der Waals surface area contributed by atoms with E-state index in [1.165, 1.54) is 0 Å². The van der Waals surface area contributed by atoms with E-state index in [0.29, 0.717) is 0 Å². The summed E-state index contributed by atoms with van der Waals surface area (Å²) in [6.45, 7) is 4.07. The van der Waals surface area contributed by atoms with Crippen molar-refractivity contribution >= 4 is 32.9 Å². The molecule has 0 atom stereocenters. The molecule has 2 rings (SSSR count). The molecule has 0 spiro atoms. The molecule has 0 saturated heterocycles. The van der Waals surface area contributed by atoms with Gasteiger partial charge in [0.2, 0.25) is 0 Å². The number of halogens is 1. The van der Waals surface area contributed by atoms with Gasteiger partial charge in [-0.25, -0.2) is 15.0 Å². The molecule has 2 aromatic rings. The van der Waals surface area contributed by atoms with Crippen molar-refractivity contribution in [1.82, 2.24) is 19.9 Å². The monoisotopic (exact) mass is 283 g/mol. The van der Waals surface area contributed by atoms with Gasteiger partial charge in [-0.05, 0) is 6.42 Å². The predicted molar refractivity (Wildman–Crippen MR) is 68.0 cm³/mol. The number of H-pyrrole nitrogens is 1. The lowest BCUT2D eigenvalue weighted by molar-refractivity contribution is 0.785. The molecule has 86 valence electrons. The van der Waals surface area contributed by atoms with Crippen molar-refractivity contribution in [1.29, 1.82) is 0 Å². The van der Waals surface area contributed by atoms with Gasteiger partial charge in [-0.1, -0.05) is 22.9 Å². The maximum Gasteiger partial charge on any atom is 0.182 e. The molecule has 6 heteroatoms. The van der Waals surface area contributed by atoms with Gasteiger partial charge in [-0.15, -0.1) is 0 Å². The van der Waals surface area contributed by atoms with E-state index in [4.69, 9.17) is 0 Å². The van der Waals surface area contributed by atoms with Crippen LogP contribution < -0.4 is 4.90 Å². The highest BCUT2D eigenvalue weighted by Gasteiger charge is 2.12. The Bertz CT molecular complexity index is 449. The van der Waals surface area contributed by atoms with E-state index < -0.39 is 0 Å². The first-order valence-corrected chi connectivity index (χ1v) is 6.44. The van der Waals surface area contributed by atoms with Gasteiger partial charge in [-0.2, -0.15) is 0 Å².